The van der Waals surface area contributed by atoms with Crippen LogP contribution in [0.3, 0.4) is 0 Å². The van der Waals surface area contributed by atoms with Gasteiger partial charge in [0.1, 0.15) is 13.2 Å². The lowest BCUT2D eigenvalue weighted by Gasteiger charge is -2.29. The van der Waals surface area contributed by atoms with Gasteiger partial charge in [-0.15, -0.1) is 0 Å². The van der Waals surface area contributed by atoms with Crippen molar-refractivity contribution in [2.75, 3.05) is 26.9 Å². The third-order valence-electron chi connectivity index (χ3n) is 4.88. The molecule has 6 nitrogen and oxygen atoms in total. The fourth-order valence-corrected chi connectivity index (χ4v) is 3.61. The van der Waals surface area contributed by atoms with E-state index in [4.69, 9.17) is 18.9 Å². The van der Waals surface area contributed by atoms with Crippen LogP contribution in [0.25, 0.3) is 0 Å². The van der Waals surface area contributed by atoms with Crippen LogP contribution in [-0.4, -0.2) is 32.8 Å². The summed E-state index contributed by atoms with van der Waals surface area (Å²) in [5.41, 5.74) is 2.32. The minimum Gasteiger partial charge on any atom is -0.493 e. The summed E-state index contributed by atoms with van der Waals surface area (Å²) in [7, 11) is 1.58. The van der Waals surface area contributed by atoms with Gasteiger partial charge in [-0.2, -0.15) is 0 Å². The molecule has 0 spiro atoms. The fourth-order valence-electron chi connectivity index (χ4n) is 3.61. The van der Waals surface area contributed by atoms with Gasteiger partial charge in [0.25, 0.3) is 5.91 Å². The average molecular weight is 369 g/mol. The number of hydrogen-bond donors (Lipinski definition) is 1. The third kappa shape index (κ3) is 3.79. The van der Waals surface area contributed by atoms with Gasteiger partial charge in [-0.05, 0) is 54.7 Å². The van der Waals surface area contributed by atoms with E-state index in [1.807, 2.05) is 24.3 Å². The first-order valence-corrected chi connectivity index (χ1v) is 9.22. The van der Waals surface area contributed by atoms with E-state index in [0.717, 1.165) is 36.3 Å². The molecular weight excluding hydrogens is 346 g/mol. The Morgan fingerprint density at radius 3 is 2.67 bits per heavy atom. The highest BCUT2D eigenvalue weighted by atomic mass is 16.6. The number of methoxy groups -OCH3 is 1. The van der Waals surface area contributed by atoms with Crippen molar-refractivity contribution in [2.24, 2.45) is 0 Å². The van der Waals surface area contributed by atoms with Gasteiger partial charge in [-0.1, -0.05) is 12.1 Å². The number of ether oxygens (including phenoxy) is 4. The lowest BCUT2D eigenvalue weighted by atomic mass is 9.87. The van der Waals surface area contributed by atoms with E-state index >= 15 is 0 Å². The Balaban J connectivity index is 1.43. The molecule has 0 saturated heterocycles. The van der Waals surface area contributed by atoms with Crippen LogP contribution in [0.2, 0.25) is 0 Å². The number of nitrogens with one attached hydrogen (secondary N) is 1. The summed E-state index contributed by atoms with van der Waals surface area (Å²) >= 11 is 0. The normalized spacial score (nSPS) is 17.6. The van der Waals surface area contributed by atoms with Crippen LogP contribution in [0.15, 0.2) is 36.4 Å². The molecule has 0 aromatic heterocycles. The molecule has 1 N–H and O–H groups in total. The van der Waals surface area contributed by atoms with Gasteiger partial charge < -0.3 is 24.3 Å². The highest BCUT2D eigenvalue weighted by Gasteiger charge is 2.25. The predicted octanol–water partition coefficient (Wildman–Crippen LogP) is 3.04. The van der Waals surface area contributed by atoms with Crippen molar-refractivity contribution in [1.82, 2.24) is 5.32 Å². The van der Waals surface area contributed by atoms with Crippen molar-refractivity contribution >= 4 is 5.91 Å². The monoisotopic (exact) mass is 369 g/mol. The molecule has 1 aliphatic heterocycles. The number of carbonyl (C=O) groups is 1. The molecule has 6 heteroatoms. The summed E-state index contributed by atoms with van der Waals surface area (Å²) in [6.07, 6.45) is 2.90. The minimum atomic E-state index is -0.159. The van der Waals surface area contributed by atoms with Crippen LogP contribution < -0.4 is 24.3 Å². The number of benzene rings is 2. The Bertz CT molecular complexity index is 835. The Kier molecular flexibility index (Phi) is 5.05. The van der Waals surface area contributed by atoms with Crippen LogP contribution in [0.1, 0.15) is 30.0 Å². The fraction of sp³-hybridized carbons (Fsp3) is 0.381. The lowest BCUT2D eigenvalue weighted by molar-refractivity contribution is -0.124. The number of carbonyl (C=O) groups excluding carboxylic acids is 1. The number of fused-ring (bicyclic) bond motifs is 2. The second kappa shape index (κ2) is 7.78. The van der Waals surface area contributed by atoms with Crippen molar-refractivity contribution in [3.63, 3.8) is 0 Å². The zero-order chi connectivity index (χ0) is 18.6. The first kappa shape index (κ1) is 17.5. The summed E-state index contributed by atoms with van der Waals surface area (Å²) in [4.78, 5) is 12.4. The molecule has 0 radical (unpaired) electrons. The first-order valence-electron chi connectivity index (χ1n) is 9.22. The third-order valence-corrected chi connectivity index (χ3v) is 4.88. The number of para-hydroxylation sites is 2. The SMILES string of the molecule is COc1ccccc1OCC(=O)NC1CCCc2cc3c(cc21)OCCO3. The highest BCUT2D eigenvalue weighted by molar-refractivity contribution is 5.78. The maximum absolute atomic E-state index is 12.4. The molecule has 2 aromatic rings. The van der Waals surface area contributed by atoms with Gasteiger partial charge in [0, 0.05) is 0 Å². The molecule has 0 saturated carbocycles. The summed E-state index contributed by atoms with van der Waals surface area (Å²) in [5.74, 6) is 2.56. The zero-order valence-corrected chi connectivity index (χ0v) is 15.3. The molecule has 2 aliphatic rings. The number of amides is 1. The van der Waals surface area contributed by atoms with Crippen molar-refractivity contribution < 1.29 is 23.7 Å². The van der Waals surface area contributed by atoms with Crippen LogP contribution in [-0.2, 0) is 11.2 Å². The van der Waals surface area contributed by atoms with E-state index < -0.39 is 0 Å². The van der Waals surface area contributed by atoms with E-state index in [9.17, 15) is 4.79 Å². The van der Waals surface area contributed by atoms with Crippen molar-refractivity contribution in [3.8, 4) is 23.0 Å². The zero-order valence-electron chi connectivity index (χ0n) is 15.3. The van der Waals surface area contributed by atoms with Crippen LogP contribution in [0, 0.1) is 0 Å². The van der Waals surface area contributed by atoms with Gasteiger partial charge in [0.15, 0.2) is 29.6 Å². The first-order chi connectivity index (χ1) is 13.2. The summed E-state index contributed by atoms with van der Waals surface area (Å²) in [5, 5.41) is 3.09. The largest absolute Gasteiger partial charge is 0.493 e. The summed E-state index contributed by atoms with van der Waals surface area (Å²) < 4.78 is 22.2. The van der Waals surface area contributed by atoms with Crippen LogP contribution in [0.5, 0.6) is 23.0 Å². The second-order valence-corrected chi connectivity index (χ2v) is 6.65. The quantitative estimate of drug-likeness (QED) is 0.878. The standard InChI is InChI=1S/C21H23NO5/c1-24-17-7-2-3-8-18(17)27-13-21(23)22-16-6-4-5-14-11-19-20(12-15(14)16)26-10-9-25-19/h2-3,7-8,11-12,16H,4-6,9-10,13H2,1H3,(H,22,23). The molecule has 1 aliphatic carbocycles. The Labute approximate surface area is 158 Å². The van der Waals surface area contributed by atoms with Gasteiger partial charge in [-0.3, -0.25) is 4.79 Å². The topological polar surface area (TPSA) is 66.0 Å². The minimum absolute atomic E-state index is 0.0432. The van der Waals surface area contributed by atoms with Crippen LogP contribution in [0.4, 0.5) is 0 Å². The molecule has 1 heterocycles. The number of hydrogen-bond acceptors (Lipinski definition) is 5. The second-order valence-electron chi connectivity index (χ2n) is 6.65. The smallest absolute Gasteiger partial charge is 0.258 e. The highest BCUT2D eigenvalue weighted by Crippen LogP contribution is 2.39. The molecule has 0 bridgehead atoms. The maximum Gasteiger partial charge on any atom is 0.258 e. The Morgan fingerprint density at radius 1 is 1.15 bits per heavy atom. The lowest BCUT2D eigenvalue weighted by Crippen LogP contribution is -2.34. The van der Waals surface area contributed by atoms with Crippen LogP contribution >= 0.6 is 0 Å². The number of aryl methyl sites for hydroxylation is 1. The number of rotatable bonds is 5. The molecule has 1 amide bonds. The Morgan fingerprint density at radius 2 is 1.89 bits per heavy atom. The van der Waals surface area contributed by atoms with E-state index in [1.165, 1.54) is 5.56 Å². The van der Waals surface area contributed by atoms with Crippen molar-refractivity contribution in [1.29, 1.82) is 0 Å². The molecule has 0 fully saturated rings. The van der Waals surface area contributed by atoms with Gasteiger partial charge in [0.2, 0.25) is 0 Å². The molecule has 1 atom stereocenters. The van der Waals surface area contributed by atoms with Crippen molar-refractivity contribution in [3.05, 3.63) is 47.5 Å². The van der Waals surface area contributed by atoms with E-state index in [2.05, 4.69) is 5.32 Å². The molecular formula is C21H23NO5. The molecule has 1 unspecified atom stereocenters. The molecule has 2 aromatic carbocycles. The molecule has 27 heavy (non-hydrogen) atoms. The van der Waals surface area contributed by atoms with Gasteiger partial charge in [-0.25, -0.2) is 0 Å². The predicted molar refractivity (Wildman–Crippen MR) is 99.7 cm³/mol. The van der Waals surface area contributed by atoms with E-state index in [0.29, 0.717) is 24.7 Å². The summed E-state index contributed by atoms with van der Waals surface area (Å²) in [6.45, 7) is 1.07. The molecule has 4 rings (SSSR count). The van der Waals surface area contributed by atoms with Gasteiger partial charge in [0.05, 0.1) is 13.2 Å². The maximum atomic E-state index is 12.4. The average Bonchev–Trinajstić information content (AvgIpc) is 2.71. The van der Waals surface area contributed by atoms with Crippen molar-refractivity contribution in [2.45, 2.75) is 25.3 Å². The van der Waals surface area contributed by atoms with Gasteiger partial charge >= 0.3 is 0 Å². The Hall–Kier alpha value is -2.89. The summed E-state index contributed by atoms with van der Waals surface area (Å²) in [6, 6.07) is 11.3. The molecule has 142 valence electrons. The van der Waals surface area contributed by atoms with E-state index in [1.54, 1.807) is 19.2 Å². The van der Waals surface area contributed by atoms with E-state index in [-0.39, 0.29) is 18.6 Å².